The maximum Gasteiger partial charge on any atom is 0.416 e. The van der Waals surface area contributed by atoms with E-state index in [1.54, 1.807) is 6.08 Å². The van der Waals surface area contributed by atoms with E-state index in [1.165, 1.54) is 35.3 Å². The highest BCUT2D eigenvalue weighted by Gasteiger charge is 2.32. The molecule has 2 heterocycles. The molecule has 0 amide bonds. The molecule has 0 saturated heterocycles. The summed E-state index contributed by atoms with van der Waals surface area (Å²) >= 11 is 0. The summed E-state index contributed by atoms with van der Waals surface area (Å²) in [6, 6.07) is 6.63. The van der Waals surface area contributed by atoms with Crippen molar-refractivity contribution in [2.24, 2.45) is 10.9 Å². The number of hydrogen-bond acceptors (Lipinski definition) is 5. The number of hydrogen-bond donors (Lipinski definition) is 1. The average molecular weight is 383 g/mol. The van der Waals surface area contributed by atoms with Crippen molar-refractivity contribution in [1.82, 2.24) is 9.78 Å². The van der Waals surface area contributed by atoms with E-state index in [-0.39, 0.29) is 12.3 Å². The molecule has 1 unspecified atom stereocenters. The van der Waals surface area contributed by atoms with Crippen molar-refractivity contribution in [2.45, 2.75) is 12.7 Å². The molecule has 1 aliphatic carbocycles. The summed E-state index contributed by atoms with van der Waals surface area (Å²) in [5.74, 6) is -0.848. The smallest absolute Gasteiger partial charge is 0.331 e. The van der Waals surface area contributed by atoms with Gasteiger partial charge in [-0.05, 0) is 24.3 Å². The number of benzene rings is 1. The van der Waals surface area contributed by atoms with E-state index in [0.717, 1.165) is 12.1 Å². The Hall–Kier alpha value is -3.67. The molecule has 1 aromatic heterocycles. The molecule has 0 fully saturated rings. The number of carbonyl (C=O) groups excluding carboxylic acids is 1. The van der Waals surface area contributed by atoms with E-state index in [2.05, 4.69) is 15.4 Å². The second-order valence-electron chi connectivity index (χ2n) is 6.19. The van der Waals surface area contributed by atoms with Crippen LogP contribution in [-0.4, -0.2) is 21.9 Å². The first-order valence-electron chi connectivity index (χ1n) is 8.26. The van der Waals surface area contributed by atoms with Crippen LogP contribution in [0, 0.1) is 17.2 Å². The normalized spacial score (nSPS) is 18.3. The van der Waals surface area contributed by atoms with Crippen LogP contribution in [0.3, 0.4) is 0 Å². The van der Waals surface area contributed by atoms with Crippen LogP contribution >= 0.6 is 0 Å². The molecule has 4 rings (SSSR count). The summed E-state index contributed by atoms with van der Waals surface area (Å²) in [5.41, 5.74) is 1.20. The first-order valence-corrected chi connectivity index (χ1v) is 8.26. The maximum atomic E-state index is 12.8. The number of ketones is 1. The summed E-state index contributed by atoms with van der Waals surface area (Å²) < 4.78 is 40.0. The molecule has 2 aliphatic rings. The van der Waals surface area contributed by atoms with Crippen molar-refractivity contribution in [2.75, 3.05) is 5.32 Å². The third-order valence-electron chi connectivity index (χ3n) is 4.49. The van der Waals surface area contributed by atoms with Crippen molar-refractivity contribution in [3.63, 3.8) is 0 Å². The number of nitriles is 1. The second kappa shape index (κ2) is 6.49. The van der Waals surface area contributed by atoms with E-state index in [9.17, 15) is 23.2 Å². The zero-order chi connectivity index (χ0) is 19.9. The van der Waals surface area contributed by atoms with Gasteiger partial charge in [0.2, 0.25) is 0 Å². The molecule has 28 heavy (non-hydrogen) atoms. The Labute approximate surface area is 157 Å². The van der Waals surface area contributed by atoms with Crippen molar-refractivity contribution in [3.05, 3.63) is 53.6 Å². The Morgan fingerprint density at radius 2 is 2.00 bits per heavy atom. The molecule has 1 atom stereocenters. The lowest BCUT2D eigenvalue weighted by Gasteiger charge is -2.17. The number of aliphatic imine (C=N–C) groups is 1. The third-order valence-corrected chi connectivity index (χ3v) is 4.49. The van der Waals surface area contributed by atoms with E-state index < -0.39 is 17.7 Å². The number of anilines is 1. The molecule has 1 N–H and O–H groups in total. The minimum atomic E-state index is -4.43. The van der Waals surface area contributed by atoms with Gasteiger partial charge in [0.1, 0.15) is 11.5 Å². The minimum Gasteiger partial charge on any atom is -0.331 e. The summed E-state index contributed by atoms with van der Waals surface area (Å²) in [6.07, 6.45) is 1.52. The van der Waals surface area contributed by atoms with E-state index in [1.807, 2.05) is 6.07 Å². The number of rotatable bonds is 2. The maximum absolute atomic E-state index is 12.8. The van der Waals surface area contributed by atoms with Gasteiger partial charge in [-0.3, -0.25) is 9.79 Å². The Bertz CT molecular complexity index is 1080. The minimum absolute atomic E-state index is 0.271. The van der Waals surface area contributed by atoms with Crippen LogP contribution in [-0.2, 0) is 17.5 Å². The third kappa shape index (κ3) is 2.89. The van der Waals surface area contributed by atoms with Gasteiger partial charge in [-0.15, -0.1) is 0 Å². The van der Waals surface area contributed by atoms with Gasteiger partial charge in [0.05, 0.1) is 30.2 Å². The van der Waals surface area contributed by atoms with Gasteiger partial charge in [-0.25, -0.2) is 4.68 Å². The average Bonchev–Trinajstić information content (AvgIpc) is 3.07. The van der Waals surface area contributed by atoms with E-state index in [4.69, 9.17) is 0 Å². The molecule has 9 heteroatoms. The lowest BCUT2D eigenvalue weighted by Crippen LogP contribution is -2.21. The molecular formula is C19H12F3N5O. The topological polar surface area (TPSA) is 83.1 Å². The van der Waals surface area contributed by atoms with Crippen LogP contribution in [0.25, 0.3) is 17.0 Å². The fourth-order valence-electron chi connectivity index (χ4n) is 3.13. The number of fused-ring (bicyclic) bond motifs is 1. The number of halogens is 3. The summed E-state index contributed by atoms with van der Waals surface area (Å²) in [7, 11) is 0. The van der Waals surface area contributed by atoms with E-state index >= 15 is 0 Å². The fourth-order valence-corrected chi connectivity index (χ4v) is 3.13. The highest BCUT2D eigenvalue weighted by molar-refractivity contribution is 6.03. The molecule has 0 saturated carbocycles. The van der Waals surface area contributed by atoms with Crippen molar-refractivity contribution in [3.8, 4) is 17.3 Å². The predicted molar refractivity (Wildman–Crippen MR) is 96.0 cm³/mol. The van der Waals surface area contributed by atoms with Gasteiger partial charge in [0.25, 0.3) is 0 Å². The number of carbonyl (C=O) groups is 1. The first-order chi connectivity index (χ1) is 13.4. The zero-order valence-corrected chi connectivity index (χ0v) is 14.2. The molecule has 6 nitrogen and oxygen atoms in total. The Balaban J connectivity index is 1.83. The summed E-state index contributed by atoms with van der Waals surface area (Å²) in [4.78, 5) is 16.2. The van der Waals surface area contributed by atoms with Crippen molar-refractivity contribution in [1.29, 1.82) is 5.26 Å². The Morgan fingerprint density at radius 3 is 2.68 bits per heavy atom. The molecule has 1 aliphatic heterocycles. The highest BCUT2D eigenvalue weighted by atomic mass is 19.4. The molecule has 0 spiro atoms. The molecule has 140 valence electrons. The second-order valence-corrected chi connectivity index (χ2v) is 6.19. The number of nitrogens with zero attached hydrogens (tertiary/aromatic N) is 4. The first kappa shape index (κ1) is 17.7. The molecule has 0 radical (unpaired) electrons. The van der Waals surface area contributed by atoms with Gasteiger partial charge in [0.15, 0.2) is 11.7 Å². The van der Waals surface area contributed by atoms with Crippen molar-refractivity contribution < 1.29 is 18.0 Å². The summed E-state index contributed by atoms with van der Waals surface area (Å²) in [6.45, 7) is 0.271. The van der Waals surface area contributed by atoms with Gasteiger partial charge in [-0.1, -0.05) is 18.2 Å². The van der Waals surface area contributed by atoms with Gasteiger partial charge >= 0.3 is 6.18 Å². The van der Waals surface area contributed by atoms with Gasteiger partial charge < -0.3 is 5.32 Å². The largest absolute Gasteiger partial charge is 0.416 e. The Kier molecular flexibility index (Phi) is 4.11. The summed E-state index contributed by atoms with van der Waals surface area (Å²) in [5, 5.41) is 16.8. The lowest BCUT2D eigenvalue weighted by molar-refractivity contribution is -0.137. The molecule has 2 aromatic rings. The standard InChI is InChI=1S/C19H12F3N5O/c20-19(21,22)12-6-4-11(5-7-12)17-14-9-24-10-25-18(14)27(26-17)15-2-1-3-16(28)13(15)8-23/h1-7,10,13H,9H2,(H,24,25). The fraction of sp³-hybridized carbons (Fsp3) is 0.158. The SMILES string of the molecule is N#CC1C(=O)C=CC=C1n1nc(-c2ccc(C(F)(F)F)cc2)c2c1NC=NC2. The van der Waals surface area contributed by atoms with Crippen LogP contribution in [0.15, 0.2) is 47.5 Å². The highest BCUT2D eigenvalue weighted by Crippen LogP contribution is 2.36. The number of nitrogens with one attached hydrogen (secondary N) is 1. The van der Waals surface area contributed by atoms with Crippen LogP contribution in [0.5, 0.6) is 0 Å². The lowest BCUT2D eigenvalue weighted by atomic mass is 9.97. The molecule has 0 bridgehead atoms. The van der Waals surface area contributed by atoms with Crippen LogP contribution < -0.4 is 5.32 Å². The number of allylic oxidation sites excluding steroid dienone is 4. The van der Waals surface area contributed by atoms with Gasteiger partial charge in [-0.2, -0.15) is 23.5 Å². The van der Waals surface area contributed by atoms with Crippen LogP contribution in [0.1, 0.15) is 11.1 Å². The van der Waals surface area contributed by atoms with Crippen LogP contribution in [0.4, 0.5) is 19.0 Å². The van der Waals surface area contributed by atoms with Gasteiger partial charge in [0, 0.05) is 11.1 Å². The van der Waals surface area contributed by atoms with Crippen molar-refractivity contribution >= 4 is 23.6 Å². The predicted octanol–water partition coefficient (Wildman–Crippen LogP) is 3.64. The quantitative estimate of drug-likeness (QED) is 0.858. The number of alkyl halides is 3. The zero-order valence-electron chi connectivity index (χ0n) is 14.2. The monoisotopic (exact) mass is 383 g/mol. The molecule has 1 aromatic carbocycles. The van der Waals surface area contributed by atoms with E-state index in [0.29, 0.717) is 28.3 Å². The Morgan fingerprint density at radius 1 is 1.25 bits per heavy atom. The van der Waals surface area contributed by atoms with Crippen LogP contribution in [0.2, 0.25) is 0 Å². The number of aromatic nitrogens is 2. The molecular weight excluding hydrogens is 371 g/mol.